The lowest BCUT2D eigenvalue weighted by Gasteiger charge is -2.33. The van der Waals surface area contributed by atoms with Crippen molar-refractivity contribution in [3.8, 4) is 11.1 Å². The summed E-state index contributed by atoms with van der Waals surface area (Å²) < 4.78 is 27.6. The quantitative estimate of drug-likeness (QED) is 0.751. The molecule has 0 saturated heterocycles. The number of fused-ring (bicyclic) bond motifs is 1. The topological polar surface area (TPSA) is 57.6 Å². The summed E-state index contributed by atoms with van der Waals surface area (Å²) in [5.74, 6) is 0. The van der Waals surface area contributed by atoms with E-state index in [4.69, 9.17) is 0 Å². The number of hydrogen-bond acceptors (Lipinski definition) is 3. The Kier molecular flexibility index (Phi) is 4.60. The highest BCUT2D eigenvalue weighted by Gasteiger charge is 2.33. The lowest BCUT2D eigenvalue weighted by Crippen LogP contribution is -2.38. The number of aryl methyl sites for hydroxylation is 1. The van der Waals surface area contributed by atoms with Crippen molar-refractivity contribution in [3.63, 3.8) is 0 Å². The molecule has 1 atom stereocenters. The summed E-state index contributed by atoms with van der Waals surface area (Å²) in [6.45, 7) is 2.22. The lowest BCUT2D eigenvalue weighted by molar-refractivity contribution is 0.132. The average molecular weight is 379 g/mol. The highest BCUT2D eigenvalue weighted by molar-refractivity contribution is 7.89. The Labute approximate surface area is 159 Å². The fourth-order valence-electron chi connectivity index (χ4n) is 3.56. The van der Waals surface area contributed by atoms with Crippen molar-refractivity contribution in [2.75, 3.05) is 6.54 Å². The number of β-amino-alcohol motifs (C(OH)–C–C–N with tert-alkyl or cyclic N) is 1. The first kappa shape index (κ1) is 17.9. The maximum Gasteiger partial charge on any atom is 0.243 e. The van der Waals surface area contributed by atoms with E-state index in [1.807, 2.05) is 55.5 Å². The molecule has 3 aromatic carbocycles. The SMILES string of the molecule is Cc1ccc(S(=O)(=O)N2Cc3c(-c4ccccc4)cccc3C(O)C2)cc1. The average Bonchev–Trinajstić information content (AvgIpc) is 2.68. The third-order valence-corrected chi connectivity index (χ3v) is 6.85. The molecule has 1 aliphatic rings. The number of aliphatic hydroxyl groups is 1. The molecule has 4 nitrogen and oxygen atoms in total. The van der Waals surface area contributed by atoms with Crippen molar-refractivity contribution in [3.05, 3.63) is 89.5 Å². The maximum absolute atomic E-state index is 13.1. The van der Waals surface area contributed by atoms with E-state index in [9.17, 15) is 13.5 Å². The Morgan fingerprint density at radius 3 is 2.33 bits per heavy atom. The smallest absolute Gasteiger partial charge is 0.243 e. The molecular weight excluding hydrogens is 358 g/mol. The van der Waals surface area contributed by atoms with Gasteiger partial charge in [-0.15, -0.1) is 0 Å². The molecule has 1 unspecified atom stereocenters. The normalized spacial score (nSPS) is 17.5. The van der Waals surface area contributed by atoms with Crippen LogP contribution in [-0.2, 0) is 16.6 Å². The standard InChI is InChI=1S/C22H21NO3S/c1-16-10-12-18(13-11-16)27(25,26)23-14-21-19(17-6-3-2-4-7-17)8-5-9-20(21)22(24)15-23/h2-13,22,24H,14-15H2,1H3. The first-order valence-electron chi connectivity index (χ1n) is 8.89. The summed E-state index contributed by atoms with van der Waals surface area (Å²) in [5.41, 5.74) is 4.63. The van der Waals surface area contributed by atoms with Crippen molar-refractivity contribution in [1.29, 1.82) is 0 Å². The van der Waals surface area contributed by atoms with Gasteiger partial charge in [0.1, 0.15) is 0 Å². The molecule has 3 aromatic rings. The third kappa shape index (κ3) is 3.30. The van der Waals surface area contributed by atoms with Crippen LogP contribution >= 0.6 is 0 Å². The van der Waals surface area contributed by atoms with Crippen molar-refractivity contribution >= 4 is 10.0 Å². The predicted molar refractivity (Wildman–Crippen MR) is 106 cm³/mol. The van der Waals surface area contributed by atoms with Gasteiger partial charge < -0.3 is 5.11 Å². The van der Waals surface area contributed by atoms with Crippen LogP contribution in [0.4, 0.5) is 0 Å². The highest BCUT2D eigenvalue weighted by Crippen LogP contribution is 2.36. The highest BCUT2D eigenvalue weighted by atomic mass is 32.2. The van der Waals surface area contributed by atoms with Gasteiger partial charge in [0, 0.05) is 13.1 Å². The molecule has 1 aliphatic heterocycles. The summed E-state index contributed by atoms with van der Waals surface area (Å²) in [6, 6.07) is 22.4. The van der Waals surface area contributed by atoms with E-state index in [-0.39, 0.29) is 18.0 Å². The van der Waals surface area contributed by atoms with Crippen molar-refractivity contribution in [2.24, 2.45) is 0 Å². The van der Waals surface area contributed by atoms with Crippen LogP contribution in [0.25, 0.3) is 11.1 Å². The molecule has 0 saturated carbocycles. The van der Waals surface area contributed by atoms with E-state index in [0.29, 0.717) is 0 Å². The zero-order valence-electron chi connectivity index (χ0n) is 15.0. The second-order valence-electron chi connectivity index (χ2n) is 6.87. The number of hydrogen-bond donors (Lipinski definition) is 1. The van der Waals surface area contributed by atoms with Gasteiger partial charge >= 0.3 is 0 Å². The van der Waals surface area contributed by atoms with Crippen LogP contribution in [0.3, 0.4) is 0 Å². The minimum Gasteiger partial charge on any atom is -0.387 e. The van der Waals surface area contributed by atoms with Crippen LogP contribution < -0.4 is 0 Å². The minimum atomic E-state index is -3.68. The van der Waals surface area contributed by atoms with E-state index in [1.54, 1.807) is 24.3 Å². The number of nitrogens with zero attached hydrogens (tertiary/aromatic N) is 1. The number of aliphatic hydroxyl groups excluding tert-OH is 1. The van der Waals surface area contributed by atoms with Crippen LogP contribution in [-0.4, -0.2) is 24.4 Å². The first-order valence-corrected chi connectivity index (χ1v) is 10.3. The Morgan fingerprint density at radius 1 is 0.926 bits per heavy atom. The second-order valence-corrected chi connectivity index (χ2v) is 8.80. The summed E-state index contributed by atoms with van der Waals surface area (Å²) in [7, 11) is -3.68. The van der Waals surface area contributed by atoms with Gasteiger partial charge in [0.15, 0.2) is 0 Å². The van der Waals surface area contributed by atoms with Crippen molar-refractivity contribution in [1.82, 2.24) is 4.31 Å². The predicted octanol–water partition coefficient (Wildman–Crippen LogP) is 3.90. The monoisotopic (exact) mass is 379 g/mol. The van der Waals surface area contributed by atoms with Gasteiger partial charge in [-0.1, -0.05) is 66.2 Å². The Hall–Kier alpha value is -2.47. The van der Waals surface area contributed by atoms with E-state index < -0.39 is 16.1 Å². The maximum atomic E-state index is 13.1. The van der Waals surface area contributed by atoms with Crippen LogP contribution in [0.15, 0.2) is 77.7 Å². The molecule has 1 N–H and O–H groups in total. The summed E-state index contributed by atoms with van der Waals surface area (Å²) in [4.78, 5) is 0.251. The van der Waals surface area contributed by atoms with Crippen LogP contribution in [0, 0.1) is 6.92 Å². The molecule has 4 rings (SSSR count). The Morgan fingerprint density at radius 2 is 1.63 bits per heavy atom. The number of benzene rings is 3. The first-order chi connectivity index (χ1) is 13.0. The molecule has 0 spiro atoms. The van der Waals surface area contributed by atoms with Crippen molar-refractivity contribution < 1.29 is 13.5 Å². The molecule has 0 fully saturated rings. The van der Waals surface area contributed by atoms with Gasteiger partial charge in [0.2, 0.25) is 10.0 Å². The van der Waals surface area contributed by atoms with E-state index in [2.05, 4.69) is 0 Å². The molecule has 0 radical (unpaired) electrons. The summed E-state index contributed by atoms with van der Waals surface area (Å²) in [6.07, 6.45) is -0.849. The molecular formula is C22H21NO3S. The molecule has 0 amide bonds. The van der Waals surface area contributed by atoms with Crippen LogP contribution in [0.1, 0.15) is 22.8 Å². The fourth-order valence-corrected chi connectivity index (χ4v) is 4.97. The minimum absolute atomic E-state index is 0.0570. The fraction of sp³-hybridized carbons (Fsp3) is 0.182. The van der Waals surface area contributed by atoms with Crippen LogP contribution in [0.5, 0.6) is 0 Å². The molecule has 1 heterocycles. The van der Waals surface area contributed by atoms with Gasteiger partial charge in [0.25, 0.3) is 0 Å². The van der Waals surface area contributed by atoms with Crippen LogP contribution in [0.2, 0.25) is 0 Å². The molecule has 5 heteroatoms. The number of sulfonamides is 1. The van der Waals surface area contributed by atoms with Crippen molar-refractivity contribution in [2.45, 2.75) is 24.5 Å². The zero-order valence-corrected chi connectivity index (χ0v) is 15.9. The Balaban J connectivity index is 1.77. The van der Waals surface area contributed by atoms with Gasteiger partial charge in [-0.3, -0.25) is 0 Å². The van der Waals surface area contributed by atoms with E-state index in [1.165, 1.54) is 4.31 Å². The molecule has 27 heavy (non-hydrogen) atoms. The number of rotatable bonds is 3. The van der Waals surface area contributed by atoms with Gasteiger partial charge in [-0.05, 0) is 41.3 Å². The van der Waals surface area contributed by atoms with E-state index in [0.717, 1.165) is 27.8 Å². The van der Waals surface area contributed by atoms with Gasteiger partial charge in [-0.25, -0.2) is 8.42 Å². The lowest BCUT2D eigenvalue weighted by atomic mass is 9.91. The van der Waals surface area contributed by atoms with E-state index >= 15 is 0 Å². The molecule has 0 bridgehead atoms. The van der Waals surface area contributed by atoms with Gasteiger partial charge in [0.05, 0.1) is 11.0 Å². The largest absolute Gasteiger partial charge is 0.387 e. The second kappa shape index (κ2) is 6.93. The third-order valence-electron chi connectivity index (χ3n) is 5.03. The van der Waals surface area contributed by atoms with Gasteiger partial charge in [-0.2, -0.15) is 4.31 Å². The molecule has 138 valence electrons. The zero-order chi connectivity index (χ0) is 19.0. The molecule has 0 aromatic heterocycles. The molecule has 0 aliphatic carbocycles. The Bertz CT molecular complexity index is 1060. The summed E-state index contributed by atoms with van der Waals surface area (Å²) >= 11 is 0. The summed E-state index contributed by atoms with van der Waals surface area (Å²) in [5, 5.41) is 10.7.